The van der Waals surface area contributed by atoms with Gasteiger partial charge in [0.1, 0.15) is 11.8 Å². The van der Waals surface area contributed by atoms with Crippen LogP contribution in [0, 0.1) is 0 Å². The first kappa shape index (κ1) is 20.3. The third kappa shape index (κ3) is 4.01. The Hall–Kier alpha value is -2.03. The van der Waals surface area contributed by atoms with Crippen LogP contribution in [0.15, 0.2) is 58.3 Å². The zero-order valence-corrected chi connectivity index (χ0v) is 17.8. The molecular weight excluding hydrogens is 408 g/mol. The predicted octanol–water partition coefficient (Wildman–Crippen LogP) is 3.20. The number of amides is 1. The molecule has 1 amide bonds. The number of nitrogens with one attached hydrogen (secondary N) is 1. The monoisotopic (exact) mass is 432 g/mol. The summed E-state index contributed by atoms with van der Waals surface area (Å²) in [4.78, 5) is 14.4. The number of hydrogen-bond donors (Lipinski definition) is 1. The minimum atomic E-state index is -3.75. The van der Waals surface area contributed by atoms with Gasteiger partial charge in [-0.25, -0.2) is 8.42 Å². The van der Waals surface area contributed by atoms with Gasteiger partial charge in [0.2, 0.25) is 15.9 Å². The maximum Gasteiger partial charge on any atom is 0.243 e. The maximum absolute atomic E-state index is 13.1. The second-order valence-electron chi connectivity index (χ2n) is 7.19. The lowest BCUT2D eigenvalue weighted by Crippen LogP contribution is -2.47. The Bertz CT molecular complexity index is 992. The highest BCUT2D eigenvalue weighted by Gasteiger charge is 2.40. The van der Waals surface area contributed by atoms with Crippen LogP contribution in [0.1, 0.15) is 30.9 Å². The van der Waals surface area contributed by atoms with Gasteiger partial charge in [-0.05, 0) is 55.2 Å². The van der Waals surface area contributed by atoms with Crippen LogP contribution in [-0.4, -0.2) is 44.1 Å². The number of hydrogen-bond acceptors (Lipinski definition) is 5. The molecule has 4 rings (SSSR count). The molecule has 0 aromatic heterocycles. The van der Waals surface area contributed by atoms with Crippen molar-refractivity contribution in [1.82, 2.24) is 9.62 Å². The highest BCUT2D eigenvalue weighted by Crippen LogP contribution is 2.36. The molecule has 8 heteroatoms. The summed E-state index contributed by atoms with van der Waals surface area (Å²) in [6.07, 6.45) is 2.04. The number of carbonyl (C=O) groups is 1. The Kier molecular flexibility index (Phi) is 5.85. The molecule has 0 aliphatic carbocycles. The molecule has 2 aliphatic rings. The molecule has 2 atom stereocenters. The van der Waals surface area contributed by atoms with Crippen molar-refractivity contribution < 1.29 is 17.9 Å². The number of methoxy groups -OCH3 is 1. The van der Waals surface area contributed by atoms with E-state index in [1.165, 1.54) is 28.4 Å². The van der Waals surface area contributed by atoms with Crippen LogP contribution in [0.3, 0.4) is 0 Å². The Morgan fingerprint density at radius 2 is 1.90 bits per heavy atom. The van der Waals surface area contributed by atoms with Crippen molar-refractivity contribution in [2.75, 3.05) is 19.4 Å². The van der Waals surface area contributed by atoms with E-state index in [1.54, 1.807) is 23.9 Å². The fourth-order valence-corrected chi connectivity index (χ4v) is 6.71. The maximum atomic E-state index is 13.1. The number of thioether (sulfide) groups is 1. The molecule has 29 heavy (non-hydrogen) atoms. The van der Waals surface area contributed by atoms with E-state index in [4.69, 9.17) is 4.74 Å². The quantitative estimate of drug-likeness (QED) is 0.785. The lowest BCUT2D eigenvalue weighted by atomic mass is 10.0. The first-order valence-electron chi connectivity index (χ1n) is 9.68. The van der Waals surface area contributed by atoms with Gasteiger partial charge >= 0.3 is 0 Å². The molecule has 0 bridgehead atoms. The van der Waals surface area contributed by atoms with E-state index in [1.807, 2.05) is 18.2 Å². The molecule has 0 saturated carbocycles. The van der Waals surface area contributed by atoms with E-state index in [9.17, 15) is 13.2 Å². The molecule has 2 heterocycles. The molecule has 0 unspecified atom stereocenters. The highest BCUT2D eigenvalue weighted by molar-refractivity contribution is 7.99. The zero-order valence-electron chi connectivity index (χ0n) is 16.2. The number of sulfonamides is 1. The average molecular weight is 433 g/mol. The number of benzene rings is 2. The normalized spacial score (nSPS) is 22.1. The van der Waals surface area contributed by atoms with Crippen LogP contribution < -0.4 is 10.1 Å². The highest BCUT2D eigenvalue weighted by atomic mass is 32.2. The first-order chi connectivity index (χ1) is 14.0. The molecule has 2 aromatic carbocycles. The van der Waals surface area contributed by atoms with E-state index >= 15 is 0 Å². The summed E-state index contributed by atoms with van der Waals surface area (Å²) < 4.78 is 32.7. The second-order valence-corrected chi connectivity index (χ2v) is 10.2. The van der Waals surface area contributed by atoms with Gasteiger partial charge in [-0.3, -0.25) is 4.79 Å². The van der Waals surface area contributed by atoms with Crippen LogP contribution in [-0.2, 0) is 14.8 Å². The molecule has 1 saturated heterocycles. The number of ether oxygens (including phenoxy) is 1. The van der Waals surface area contributed by atoms with Crippen molar-refractivity contribution in [3.05, 3.63) is 54.1 Å². The smallest absolute Gasteiger partial charge is 0.243 e. The summed E-state index contributed by atoms with van der Waals surface area (Å²) >= 11 is 1.79. The summed E-state index contributed by atoms with van der Waals surface area (Å²) in [5.74, 6) is 1.31. The number of nitrogens with zero attached hydrogens (tertiary/aromatic N) is 1. The second kappa shape index (κ2) is 8.38. The topological polar surface area (TPSA) is 75.7 Å². The SMILES string of the molecule is COc1ccc(S(=O)(=O)N2CCC[C@@H]2C(=O)N[C@H]2CCSc3ccccc32)cc1. The lowest BCUT2D eigenvalue weighted by molar-refractivity contribution is -0.125. The zero-order chi connectivity index (χ0) is 20.4. The largest absolute Gasteiger partial charge is 0.497 e. The van der Waals surface area contributed by atoms with Crippen LogP contribution in [0.4, 0.5) is 0 Å². The van der Waals surface area contributed by atoms with Gasteiger partial charge in [-0.2, -0.15) is 4.31 Å². The van der Waals surface area contributed by atoms with Crippen molar-refractivity contribution >= 4 is 27.7 Å². The first-order valence-corrected chi connectivity index (χ1v) is 12.1. The van der Waals surface area contributed by atoms with Gasteiger partial charge in [-0.1, -0.05) is 18.2 Å². The lowest BCUT2D eigenvalue weighted by Gasteiger charge is -2.29. The molecular formula is C21H24N2O4S2. The van der Waals surface area contributed by atoms with Gasteiger partial charge in [0.15, 0.2) is 0 Å². The molecule has 154 valence electrons. The van der Waals surface area contributed by atoms with Crippen LogP contribution in [0.25, 0.3) is 0 Å². The van der Waals surface area contributed by atoms with Crippen molar-refractivity contribution in [3.8, 4) is 5.75 Å². The summed E-state index contributed by atoms with van der Waals surface area (Å²) in [6.45, 7) is 0.351. The third-order valence-corrected chi connectivity index (χ3v) is 8.49. The van der Waals surface area contributed by atoms with Crippen molar-refractivity contribution in [2.24, 2.45) is 0 Å². The molecule has 2 aliphatic heterocycles. The van der Waals surface area contributed by atoms with Crippen molar-refractivity contribution in [1.29, 1.82) is 0 Å². The number of fused-ring (bicyclic) bond motifs is 1. The number of carbonyl (C=O) groups excluding carboxylic acids is 1. The Labute approximate surface area is 175 Å². The Balaban J connectivity index is 1.53. The van der Waals surface area contributed by atoms with Gasteiger partial charge in [0.25, 0.3) is 0 Å². The Morgan fingerprint density at radius 3 is 2.66 bits per heavy atom. The van der Waals surface area contributed by atoms with E-state index in [2.05, 4.69) is 11.4 Å². The molecule has 6 nitrogen and oxygen atoms in total. The van der Waals surface area contributed by atoms with E-state index in [0.29, 0.717) is 25.1 Å². The molecule has 0 spiro atoms. The predicted molar refractivity (Wildman–Crippen MR) is 113 cm³/mol. The summed E-state index contributed by atoms with van der Waals surface area (Å²) in [5.41, 5.74) is 1.11. The van der Waals surface area contributed by atoms with Crippen molar-refractivity contribution in [2.45, 2.75) is 41.1 Å². The fourth-order valence-electron chi connectivity index (χ4n) is 3.93. The van der Waals surface area contributed by atoms with Crippen LogP contribution in [0.2, 0.25) is 0 Å². The summed E-state index contributed by atoms with van der Waals surface area (Å²) in [6, 6.07) is 13.6. The average Bonchev–Trinajstić information content (AvgIpc) is 3.25. The van der Waals surface area contributed by atoms with Crippen molar-refractivity contribution in [3.63, 3.8) is 0 Å². The van der Waals surface area contributed by atoms with E-state index in [0.717, 1.165) is 17.7 Å². The molecule has 0 radical (unpaired) electrons. The van der Waals surface area contributed by atoms with Gasteiger partial charge < -0.3 is 10.1 Å². The minimum absolute atomic E-state index is 0.0777. The molecule has 2 aromatic rings. The van der Waals surface area contributed by atoms with Gasteiger partial charge in [0, 0.05) is 17.2 Å². The third-order valence-electron chi connectivity index (χ3n) is 5.45. The fraction of sp³-hybridized carbons (Fsp3) is 0.381. The van der Waals surface area contributed by atoms with E-state index < -0.39 is 16.1 Å². The minimum Gasteiger partial charge on any atom is -0.497 e. The molecule has 1 N–H and O–H groups in total. The molecule has 1 fully saturated rings. The number of rotatable bonds is 5. The standard InChI is InChI=1S/C21H24N2O4S2/c1-27-15-8-10-16(11-9-15)29(25,26)23-13-4-6-19(23)21(24)22-18-12-14-28-20-7-3-2-5-17(18)20/h2-3,5,7-11,18-19H,4,6,12-14H2,1H3,(H,22,24)/t18-,19+/m0/s1. The van der Waals surface area contributed by atoms with Gasteiger partial charge in [0.05, 0.1) is 18.0 Å². The Morgan fingerprint density at radius 1 is 1.14 bits per heavy atom. The van der Waals surface area contributed by atoms with Gasteiger partial charge in [-0.15, -0.1) is 11.8 Å². The van der Waals surface area contributed by atoms with Crippen LogP contribution in [0.5, 0.6) is 5.75 Å². The van der Waals surface area contributed by atoms with E-state index in [-0.39, 0.29) is 16.8 Å². The van der Waals surface area contributed by atoms with Crippen LogP contribution >= 0.6 is 11.8 Å². The summed E-state index contributed by atoms with van der Waals surface area (Å²) in [5, 5.41) is 3.11. The summed E-state index contributed by atoms with van der Waals surface area (Å²) in [7, 11) is -2.21.